The van der Waals surface area contributed by atoms with Gasteiger partial charge >= 0.3 is 0 Å². The van der Waals surface area contributed by atoms with Crippen LogP contribution >= 0.6 is 0 Å². The van der Waals surface area contributed by atoms with Gasteiger partial charge in [-0.2, -0.15) is 14.7 Å². The predicted molar refractivity (Wildman–Crippen MR) is 133 cm³/mol. The minimum absolute atomic E-state index is 0.0195. The molecule has 0 spiro atoms. The van der Waals surface area contributed by atoms with Crippen LogP contribution in [0.3, 0.4) is 0 Å². The van der Waals surface area contributed by atoms with E-state index in [4.69, 9.17) is 0 Å². The topological polar surface area (TPSA) is 167 Å². The monoisotopic (exact) mass is 528 g/mol. The van der Waals surface area contributed by atoms with Crippen LogP contribution in [0.1, 0.15) is 40.0 Å². The number of aliphatic hydroxyl groups excluding tert-OH is 1. The molecule has 0 atom stereocenters. The first-order chi connectivity index (χ1) is 17.6. The maximum absolute atomic E-state index is 12.8. The Hall–Kier alpha value is -3.67. The standard InChI is InChI=1S/C23H28N8O5S/c1-4-5-19(34)30(15-33)22-18(20-17-6-9-28(14-32)21(17)26-13-25-20)10-31(27-22)23(7-8-24)11-29(12-23)37(35,36)16(2)3/h6,9-10,13,15-16,32H,4-5,7,11-12,14H2,1-3H3. The molecule has 37 heavy (non-hydrogen) atoms. The average Bonchev–Trinajstić information content (AvgIpc) is 3.46. The van der Waals surface area contributed by atoms with E-state index < -0.39 is 26.7 Å². The van der Waals surface area contributed by atoms with E-state index in [2.05, 4.69) is 21.1 Å². The van der Waals surface area contributed by atoms with Crippen LogP contribution in [-0.2, 0) is 31.9 Å². The molecule has 2 amide bonds. The summed E-state index contributed by atoms with van der Waals surface area (Å²) in [6.45, 7) is 4.71. The summed E-state index contributed by atoms with van der Waals surface area (Å²) in [4.78, 5) is 34.4. The third-order valence-corrected chi connectivity index (χ3v) is 8.68. The largest absolute Gasteiger partial charge is 0.376 e. The van der Waals surface area contributed by atoms with Crippen molar-refractivity contribution in [1.82, 2.24) is 28.6 Å². The van der Waals surface area contributed by atoms with Gasteiger partial charge in [0.05, 0.1) is 29.0 Å². The molecule has 4 heterocycles. The number of nitriles is 1. The molecule has 0 unspecified atom stereocenters. The third kappa shape index (κ3) is 4.39. The number of aliphatic hydroxyl groups is 1. The van der Waals surface area contributed by atoms with E-state index in [0.29, 0.717) is 35.1 Å². The number of sulfonamides is 1. The summed E-state index contributed by atoms with van der Waals surface area (Å²) >= 11 is 0. The number of carbonyl (C=O) groups is 2. The van der Waals surface area contributed by atoms with E-state index in [1.807, 2.05) is 6.92 Å². The molecule has 0 aliphatic carbocycles. The Morgan fingerprint density at radius 3 is 2.68 bits per heavy atom. The van der Waals surface area contributed by atoms with Crippen LogP contribution in [0, 0.1) is 11.3 Å². The van der Waals surface area contributed by atoms with Crippen molar-refractivity contribution in [2.75, 3.05) is 18.0 Å². The van der Waals surface area contributed by atoms with Crippen molar-refractivity contribution in [2.45, 2.75) is 57.6 Å². The number of hydrogen-bond donors (Lipinski definition) is 1. The lowest BCUT2D eigenvalue weighted by Crippen LogP contribution is -2.65. The molecule has 4 rings (SSSR count). The number of imide groups is 1. The van der Waals surface area contributed by atoms with Gasteiger partial charge in [-0.15, -0.1) is 0 Å². The second-order valence-electron chi connectivity index (χ2n) is 9.24. The van der Waals surface area contributed by atoms with E-state index >= 15 is 0 Å². The van der Waals surface area contributed by atoms with Gasteiger partial charge in [0.25, 0.3) is 0 Å². The molecule has 0 radical (unpaired) electrons. The van der Waals surface area contributed by atoms with Gasteiger partial charge in [-0.3, -0.25) is 14.3 Å². The van der Waals surface area contributed by atoms with Gasteiger partial charge < -0.3 is 9.67 Å². The number of aromatic nitrogens is 5. The molecular weight excluding hydrogens is 500 g/mol. The van der Waals surface area contributed by atoms with Crippen molar-refractivity contribution in [1.29, 1.82) is 5.26 Å². The maximum atomic E-state index is 12.8. The lowest BCUT2D eigenvalue weighted by Gasteiger charge is -2.48. The Kier molecular flexibility index (Phi) is 7.13. The fourth-order valence-corrected chi connectivity index (χ4v) is 5.86. The summed E-state index contributed by atoms with van der Waals surface area (Å²) < 4.78 is 29.7. The molecule has 0 bridgehead atoms. The van der Waals surface area contributed by atoms with E-state index in [0.717, 1.165) is 4.90 Å². The zero-order chi connectivity index (χ0) is 27.0. The summed E-state index contributed by atoms with van der Waals surface area (Å²) in [5.41, 5.74) is 0.151. The molecule has 1 aliphatic heterocycles. The number of hydrogen-bond acceptors (Lipinski definition) is 9. The fraction of sp³-hybridized carbons (Fsp3) is 0.478. The average molecular weight is 529 g/mol. The highest BCUT2D eigenvalue weighted by Crippen LogP contribution is 2.40. The van der Waals surface area contributed by atoms with E-state index in [1.54, 1.807) is 32.3 Å². The lowest BCUT2D eigenvalue weighted by atomic mass is 9.89. The second kappa shape index (κ2) is 10.0. The van der Waals surface area contributed by atoms with E-state index in [9.17, 15) is 28.4 Å². The molecular formula is C23H28N8O5S. The number of nitrogens with zero attached hydrogens (tertiary/aromatic N) is 8. The van der Waals surface area contributed by atoms with Gasteiger partial charge in [0.2, 0.25) is 22.3 Å². The fourth-order valence-electron chi connectivity index (χ4n) is 4.42. The van der Waals surface area contributed by atoms with Gasteiger partial charge in [0.15, 0.2) is 5.82 Å². The molecule has 1 N–H and O–H groups in total. The van der Waals surface area contributed by atoms with Crippen LogP contribution < -0.4 is 4.90 Å². The summed E-state index contributed by atoms with van der Waals surface area (Å²) in [6, 6.07) is 3.82. The molecule has 0 saturated carbocycles. The van der Waals surface area contributed by atoms with Crippen molar-refractivity contribution >= 4 is 39.2 Å². The van der Waals surface area contributed by atoms with Gasteiger partial charge in [-0.05, 0) is 26.3 Å². The van der Waals surface area contributed by atoms with Gasteiger partial charge in [0, 0.05) is 37.3 Å². The first kappa shape index (κ1) is 26.4. The molecule has 0 aromatic carbocycles. The molecule has 196 valence electrons. The van der Waals surface area contributed by atoms with E-state index in [-0.39, 0.29) is 38.5 Å². The second-order valence-corrected chi connectivity index (χ2v) is 11.7. The van der Waals surface area contributed by atoms with Crippen molar-refractivity contribution in [3.63, 3.8) is 0 Å². The SMILES string of the molecule is CCCC(=O)N(C=O)c1nn(C2(CC#N)CN(S(=O)(=O)C(C)C)C2)cc1-c1ncnc2c1ccn2CO. The highest BCUT2D eigenvalue weighted by Gasteiger charge is 2.51. The third-order valence-electron chi connectivity index (χ3n) is 6.52. The first-order valence-corrected chi connectivity index (χ1v) is 13.3. The maximum Gasteiger partial charge on any atom is 0.234 e. The molecule has 13 nitrogen and oxygen atoms in total. The highest BCUT2D eigenvalue weighted by atomic mass is 32.2. The van der Waals surface area contributed by atoms with Gasteiger partial charge in [-0.25, -0.2) is 23.3 Å². The summed E-state index contributed by atoms with van der Waals surface area (Å²) in [7, 11) is -3.55. The summed E-state index contributed by atoms with van der Waals surface area (Å²) in [6.07, 6.45) is 5.48. The number of amides is 2. The van der Waals surface area contributed by atoms with Crippen molar-refractivity contribution < 1.29 is 23.1 Å². The van der Waals surface area contributed by atoms with Crippen LogP contribution in [0.5, 0.6) is 0 Å². The summed E-state index contributed by atoms with van der Waals surface area (Å²) in [5, 5.41) is 23.7. The Labute approximate surface area is 214 Å². The number of rotatable bonds is 10. The number of fused-ring (bicyclic) bond motifs is 1. The van der Waals surface area contributed by atoms with Crippen molar-refractivity contribution in [2.24, 2.45) is 0 Å². The summed E-state index contributed by atoms with van der Waals surface area (Å²) in [5.74, 6) is -0.443. The molecule has 3 aromatic heterocycles. The van der Waals surface area contributed by atoms with E-state index in [1.165, 1.54) is 19.9 Å². The first-order valence-electron chi connectivity index (χ1n) is 11.8. The highest BCUT2D eigenvalue weighted by molar-refractivity contribution is 7.89. The quantitative estimate of drug-likeness (QED) is 0.380. The minimum Gasteiger partial charge on any atom is -0.376 e. The van der Waals surface area contributed by atoms with Crippen LogP contribution in [0.25, 0.3) is 22.3 Å². The predicted octanol–water partition coefficient (Wildman–Crippen LogP) is 1.20. The Bertz CT molecular complexity index is 1480. The van der Waals surface area contributed by atoms with Gasteiger partial charge in [-0.1, -0.05) is 6.92 Å². The normalized spacial score (nSPS) is 15.5. The van der Waals surface area contributed by atoms with Gasteiger partial charge in [0.1, 0.15) is 24.2 Å². The van der Waals surface area contributed by atoms with Crippen LogP contribution in [0.15, 0.2) is 24.8 Å². The van der Waals surface area contributed by atoms with Crippen molar-refractivity contribution in [3.05, 3.63) is 24.8 Å². The lowest BCUT2D eigenvalue weighted by molar-refractivity contribution is -0.122. The molecule has 1 fully saturated rings. The molecule has 1 aliphatic rings. The smallest absolute Gasteiger partial charge is 0.234 e. The zero-order valence-corrected chi connectivity index (χ0v) is 21.6. The molecule has 1 saturated heterocycles. The Morgan fingerprint density at radius 1 is 1.35 bits per heavy atom. The van der Waals surface area contributed by atoms with Crippen LogP contribution in [-0.4, -0.2) is 72.8 Å². The number of carbonyl (C=O) groups excluding carboxylic acids is 2. The molecule has 14 heteroatoms. The van der Waals surface area contributed by atoms with Crippen LogP contribution in [0.4, 0.5) is 5.82 Å². The zero-order valence-electron chi connectivity index (χ0n) is 20.8. The van der Waals surface area contributed by atoms with Crippen molar-refractivity contribution in [3.8, 4) is 17.3 Å². The van der Waals surface area contributed by atoms with Crippen LogP contribution in [0.2, 0.25) is 0 Å². The Morgan fingerprint density at radius 2 is 2.08 bits per heavy atom. The number of anilines is 1. The minimum atomic E-state index is -3.55. The molecule has 3 aromatic rings. The Balaban J connectivity index is 1.89.